The molecule has 1 amide bonds. The van der Waals surface area contributed by atoms with Crippen LogP contribution in [0.5, 0.6) is 5.75 Å². The summed E-state index contributed by atoms with van der Waals surface area (Å²) in [6.07, 6.45) is 1.42. The van der Waals surface area contributed by atoms with Crippen LogP contribution >= 0.6 is 0 Å². The number of carbonyl (C=O) groups is 1. The Morgan fingerprint density at radius 3 is 2.79 bits per heavy atom. The second kappa shape index (κ2) is 5.88. The third-order valence-corrected chi connectivity index (χ3v) is 3.04. The smallest absolute Gasteiger partial charge is 0.246 e. The van der Waals surface area contributed by atoms with Gasteiger partial charge in [-0.25, -0.2) is 4.39 Å². The van der Waals surface area contributed by atoms with Crippen molar-refractivity contribution in [3.63, 3.8) is 0 Å². The van der Waals surface area contributed by atoms with Gasteiger partial charge in [0, 0.05) is 25.8 Å². The van der Waals surface area contributed by atoms with Crippen molar-refractivity contribution in [2.24, 2.45) is 0 Å². The Bertz CT molecular complexity index is 479. The fourth-order valence-corrected chi connectivity index (χ4v) is 2.04. The van der Waals surface area contributed by atoms with Crippen LogP contribution in [0.15, 0.2) is 12.1 Å². The summed E-state index contributed by atoms with van der Waals surface area (Å²) in [7, 11) is 3.03. The van der Waals surface area contributed by atoms with Gasteiger partial charge in [-0.15, -0.1) is 0 Å². The number of fused-ring (bicyclic) bond motifs is 1. The highest BCUT2D eigenvalue weighted by molar-refractivity contribution is 6.03. The highest BCUT2D eigenvalue weighted by atomic mass is 19.1. The molecule has 19 heavy (non-hydrogen) atoms. The van der Waals surface area contributed by atoms with Gasteiger partial charge in [0.25, 0.3) is 0 Å². The number of anilines is 2. The van der Waals surface area contributed by atoms with E-state index >= 15 is 0 Å². The van der Waals surface area contributed by atoms with E-state index in [0.717, 1.165) is 6.42 Å². The van der Waals surface area contributed by atoms with Crippen molar-refractivity contribution in [2.45, 2.75) is 18.9 Å². The molecule has 0 radical (unpaired) electrons. The Labute approximate surface area is 111 Å². The molecule has 1 aromatic carbocycles. The van der Waals surface area contributed by atoms with Gasteiger partial charge in [0.2, 0.25) is 5.91 Å². The second-order valence-corrected chi connectivity index (χ2v) is 4.35. The summed E-state index contributed by atoms with van der Waals surface area (Å²) in [4.78, 5) is 11.8. The van der Waals surface area contributed by atoms with Crippen molar-refractivity contribution >= 4 is 17.3 Å². The molecule has 1 aliphatic rings. The molecule has 1 aliphatic heterocycles. The molecule has 0 fully saturated rings. The van der Waals surface area contributed by atoms with Crippen LogP contribution in [-0.4, -0.2) is 32.8 Å². The van der Waals surface area contributed by atoms with Crippen molar-refractivity contribution in [2.75, 3.05) is 31.5 Å². The van der Waals surface area contributed by atoms with Crippen LogP contribution in [0.1, 0.15) is 12.8 Å². The lowest BCUT2D eigenvalue weighted by molar-refractivity contribution is -0.117. The third-order valence-electron chi connectivity index (χ3n) is 3.04. The molecular weight excluding hydrogens is 251 g/mol. The summed E-state index contributed by atoms with van der Waals surface area (Å²) in [6.45, 7) is 0.602. The highest BCUT2D eigenvalue weighted by Gasteiger charge is 2.26. The fraction of sp³-hybridized carbons (Fsp3) is 0.462. The number of nitrogens with one attached hydrogen (secondary N) is 2. The maximum atomic E-state index is 13.5. The molecule has 0 spiro atoms. The molecule has 0 bridgehead atoms. The van der Waals surface area contributed by atoms with Crippen LogP contribution in [0.2, 0.25) is 0 Å². The molecule has 1 heterocycles. The highest BCUT2D eigenvalue weighted by Crippen LogP contribution is 2.33. The zero-order valence-corrected chi connectivity index (χ0v) is 11.0. The van der Waals surface area contributed by atoms with E-state index in [1.807, 2.05) is 0 Å². The van der Waals surface area contributed by atoms with Crippen LogP contribution in [0.3, 0.4) is 0 Å². The van der Waals surface area contributed by atoms with Crippen LogP contribution in [-0.2, 0) is 9.53 Å². The molecule has 2 N–H and O–H groups in total. The molecule has 0 saturated carbocycles. The first-order valence-corrected chi connectivity index (χ1v) is 6.09. The van der Waals surface area contributed by atoms with Crippen LogP contribution in [0.4, 0.5) is 15.8 Å². The van der Waals surface area contributed by atoms with E-state index in [2.05, 4.69) is 10.6 Å². The molecule has 6 heteroatoms. The van der Waals surface area contributed by atoms with E-state index in [9.17, 15) is 9.18 Å². The summed E-state index contributed by atoms with van der Waals surface area (Å²) in [6, 6.07) is 2.47. The van der Waals surface area contributed by atoms with Crippen molar-refractivity contribution < 1.29 is 18.7 Å². The van der Waals surface area contributed by atoms with Gasteiger partial charge in [-0.1, -0.05) is 0 Å². The lowest BCUT2D eigenvalue weighted by Crippen LogP contribution is -2.39. The average molecular weight is 268 g/mol. The van der Waals surface area contributed by atoms with Crippen molar-refractivity contribution in [3.05, 3.63) is 17.9 Å². The maximum absolute atomic E-state index is 13.5. The Kier molecular flexibility index (Phi) is 4.21. The van der Waals surface area contributed by atoms with E-state index in [0.29, 0.717) is 24.4 Å². The van der Waals surface area contributed by atoms with E-state index in [1.165, 1.54) is 13.2 Å². The number of hydrogen-bond donors (Lipinski definition) is 2. The minimum absolute atomic E-state index is 0.151. The number of halogens is 1. The standard InChI is InChI=1S/C13H17FN2O3/c1-18-5-3-4-9-13(17)16-10-6-8(14)12(19-2)7-11(10)15-9/h6-7,9,15H,3-5H2,1-2H3,(H,16,17). The average Bonchev–Trinajstić information content (AvgIpc) is 2.39. The molecule has 1 aromatic rings. The van der Waals surface area contributed by atoms with Gasteiger partial charge in [0.15, 0.2) is 11.6 Å². The Morgan fingerprint density at radius 2 is 2.11 bits per heavy atom. The largest absolute Gasteiger partial charge is 0.494 e. The lowest BCUT2D eigenvalue weighted by atomic mass is 10.1. The summed E-state index contributed by atoms with van der Waals surface area (Å²) in [5.41, 5.74) is 1.10. The summed E-state index contributed by atoms with van der Waals surface area (Å²) in [5.74, 6) is -0.507. The first kappa shape index (κ1) is 13.6. The number of methoxy groups -OCH3 is 2. The number of amides is 1. The Hall–Kier alpha value is -1.82. The molecular formula is C13H17FN2O3. The number of hydrogen-bond acceptors (Lipinski definition) is 4. The van der Waals surface area contributed by atoms with Gasteiger partial charge in [-0.05, 0) is 12.8 Å². The first-order chi connectivity index (χ1) is 9.15. The van der Waals surface area contributed by atoms with Crippen LogP contribution < -0.4 is 15.4 Å². The molecule has 1 atom stereocenters. The fourth-order valence-electron chi connectivity index (χ4n) is 2.04. The maximum Gasteiger partial charge on any atom is 0.246 e. The minimum atomic E-state index is -0.499. The number of carbonyl (C=O) groups excluding carboxylic acids is 1. The van der Waals surface area contributed by atoms with Gasteiger partial charge in [0.05, 0.1) is 18.5 Å². The minimum Gasteiger partial charge on any atom is -0.494 e. The predicted molar refractivity (Wildman–Crippen MR) is 70.1 cm³/mol. The quantitative estimate of drug-likeness (QED) is 0.802. The van der Waals surface area contributed by atoms with E-state index in [4.69, 9.17) is 9.47 Å². The molecule has 104 valence electrons. The number of ether oxygens (including phenoxy) is 2. The molecule has 5 nitrogen and oxygen atoms in total. The Morgan fingerprint density at radius 1 is 1.32 bits per heavy atom. The topological polar surface area (TPSA) is 59.6 Å². The van der Waals surface area contributed by atoms with Crippen molar-refractivity contribution in [3.8, 4) is 5.75 Å². The molecule has 2 rings (SSSR count). The van der Waals surface area contributed by atoms with Crippen molar-refractivity contribution in [1.82, 2.24) is 0 Å². The van der Waals surface area contributed by atoms with E-state index in [1.54, 1.807) is 13.2 Å². The third kappa shape index (κ3) is 2.96. The van der Waals surface area contributed by atoms with Gasteiger partial charge in [-0.2, -0.15) is 0 Å². The normalized spacial score (nSPS) is 17.4. The summed E-state index contributed by atoms with van der Waals surface area (Å²) < 4.78 is 23.4. The molecule has 0 saturated heterocycles. The van der Waals surface area contributed by atoms with Gasteiger partial charge in [-0.3, -0.25) is 4.79 Å². The summed E-state index contributed by atoms with van der Waals surface area (Å²) >= 11 is 0. The van der Waals surface area contributed by atoms with Gasteiger partial charge >= 0.3 is 0 Å². The monoisotopic (exact) mass is 268 g/mol. The van der Waals surface area contributed by atoms with E-state index < -0.39 is 5.82 Å². The zero-order chi connectivity index (χ0) is 13.8. The zero-order valence-electron chi connectivity index (χ0n) is 11.0. The second-order valence-electron chi connectivity index (χ2n) is 4.35. The first-order valence-electron chi connectivity index (χ1n) is 6.09. The molecule has 0 aliphatic carbocycles. The molecule has 1 unspecified atom stereocenters. The van der Waals surface area contributed by atoms with E-state index in [-0.39, 0.29) is 17.7 Å². The van der Waals surface area contributed by atoms with Gasteiger partial charge in [0.1, 0.15) is 6.04 Å². The van der Waals surface area contributed by atoms with Crippen LogP contribution in [0, 0.1) is 5.82 Å². The Balaban J connectivity index is 2.14. The molecule has 0 aromatic heterocycles. The van der Waals surface area contributed by atoms with Gasteiger partial charge < -0.3 is 20.1 Å². The number of rotatable bonds is 5. The summed E-state index contributed by atoms with van der Waals surface area (Å²) in [5, 5.41) is 5.78. The number of benzene rings is 1. The van der Waals surface area contributed by atoms with Crippen molar-refractivity contribution in [1.29, 1.82) is 0 Å². The van der Waals surface area contributed by atoms with Crippen LogP contribution in [0.25, 0.3) is 0 Å². The predicted octanol–water partition coefficient (Wildman–Crippen LogP) is 1.99. The SMILES string of the molecule is COCCCC1Nc2cc(OC)c(F)cc2NC1=O. The lowest BCUT2D eigenvalue weighted by Gasteiger charge is -2.27.